The summed E-state index contributed by atoms with van der Waals surface area (Å²) in [6.07, 6.45) is 1.49. The molecule has 6 heteroatoms. The van der Waals surface area contributed by atoms with E-state index in [-0.39, 0.29) is 24.1 Å². The van der Waals surface area contributed by atoms with Crippen LogP contribution in [-0.2, 0) is 4.79 Å². The summed E-state index contributed by atoms with van der Waals surface area (Å²) in [6.45, 7) is 1.18. The number of carbonyl (C=O) groups excluding carboxylic acids is 2. The van der Waals surface area contributed by atoms with E-state index in [1.165, 1.54) is 17.2 Å². The summed E-state index contributed by atoms with van der Waals surface area (Å²) in [6, 6.07) is 3.14. The number of nitrogens with two attached hydrogens (primary N) is 1. The maximum absolute atomic E-state index is 12.0. The molecule has 6 nitrogen and oxygen atoms in total. The topological polar surface area (TPSA) is 79.5 Å². The molecular formula is C11H14N4O2. The van der Waals surface area contributed by atoms with Crippen LogP contribution in [0.15, 0.2) is 18.3 Å². The Balaban J connectivity index is 2.13. The first-order valence-corrected chi connectivity index (χ1v) is 5.32. The Morgan fingerprint density at radius 2 is 2.24 bits per heavy atom. The van der Waals surface area contributed by atoms with Crippen molar-refractivity contribution in [3.63, 3.8) is 0 Å². The van der Waals surface area contributed by atoms with Crippen molar-refractivity contribution < 1.29 is 9.59 Å². The fourth-order valence-corrected chi connectivity index (χ4v) is 1.66. The molecule has 1 aliphatic rings. The minimum Gasteiger partial charge on any atom is -0.399 e. The van der Waals surface area contributed by atoms with E-state index >= 15 is 0 Å². The van der Waals surface area contributed by atoms with E-state index < -0.39 is 0 Å². The van der Waals surface area contributed by atoms with Crippen molar-refractivity contribution in [2.45, 2.75) is 0 Å². The third-order valence-corrected chi connectivity index (χ3v) is 2.75. The van der Waals surface area contributed by atoms with Crippen molar-refractivity contribution in [3.05, 3.63) is 24.0 Å². The quantitative estimate of drug-likeness (QED) is 0.715. The Morgan fingerprint density at radius 1 is 1.47 bits per heavy atom. The molecule has 2 amide bonds. The van der Waals surface area contributed by atoms with Gasteiger partial charge in [0, 0.05) is 32.0 Å². The summed E-state index contributed by atoms with van der Waals surface area (Å²) in [5.41, 5.74) is 6.36. The number of anilines is 1. The van der Waals surface area contributed by atoms with Crippen molar-refractivity contribution in [1.29, 1.82) is 0 Å². The van der Waals surface area contributed by atoms with Crippen molar-refractivity contribution in [3.8, 4) is 0 Å². The monoisotopic (exact) mass is 234 g/mol. The lowest BCUT2D eigenvalue weighted by Crippen LogP contribution is -2.50. The predicted octanol–water partition coefficient (Wildman–Crippen LogP) is -0.422. The van der Waals surface area contributed by atoms with E-state index in [1.807, 2.05) is 0 Å². The Bertz CT molecular complexity index is 461. The van der Waals surface area contributed by atoms with Gasteiger partial charge in [0.25, 0.3) is 5.91 Å². The summed E-state index contributed by atoms with van der Waals surface area (Å²) in [5.74, 6) is -0.313. The highest BCUT2D eigenvalue weighted by Gasteiger charge is 2.26. The third-order valence-electron chi connectivity index (χ3n) is 2.75. The molecule has 0 aliphatic carbocycles. The average molecular weight is 234 g/mol. The number of hydrogen-bond donors (Lipinski definition) is 1. The molecule has 2 N–H and O–H groups in total. The smallest absolute Gasteiger partial charge is 0.273 e. The predicted molar refractivity (Wildman–Crippen MR) is 62.2 cm³/mol. The van der Waals surface area contributed by atoms with Crippen LogP contribution < -0.4 is 5.73 Å². The van der Waals surface area contributed by atoms with Crippen LogP contribution in [-0.4, -0.2) is 53.3 Å². The number of carbonyl (C=O) groups is 2. The average Bonchev–Trinajstić information content (AvgIpc) is 2.32. The first kappa shape index (κ1) is 11.4. The molecule has 0 unspecified atom stereocenters. The minimum absolute atomic E-state index is 0.0616. The molecule has 1 fully saturated rings. The van der Waals surface area contributed by atoms with E-state index in [2.05, 4.69) is 4.98 Å². The van der Waals surface area contributed by atoms with Gasteiger partial charge in [0.05, 0.1) is 0 Å². The van der Waals surface area contributed by atoms with Gasteiger partial charge in [-0.15, -0.1) is 0 Å². The first-order chi connectivity index (χ1) is 8.08. The van der Waals surface area contributed by atoms with Crippen LogP contribution in [0.25, 0.3) is 0 Å². The zero-order chi connectivity index (χ0) is 12.4. The number of likely N-dealkylation sites (N-methyl/N-ethyl adjacent to an activating group) is 1. The van der Waals surface area contributed by atoms with Crippen LogP contribution >= 0.6 is 0 Å². The third kappa shape index (κ3) is 2.35. The zero-order valence-corrected chi connectivity index (χ0v) is 9.59. The lowest BCUT2D eigenvalue weighted by Gasteiger charge is -2.31. The molecule has 0 atom stereocenters. The maximum Gasteiger partial charge on any atom is 0.273 e. The van der Waals surface area contributed by atoms with Gasteiger partial charge < -0.3 is 15.5 Å². The summed E-state index contributed by atoms with van der Waals surface area (Å²) >= 11 is 0. The fraction of sp³-hybridized carbons (Fsp3) is 0.364. The molecule has 2 heterocycles. The lowest BCUT2D eigenvalue weighted by molar-refractivity contribution is -0.133. The number of pyridine rings is 1. The molecule has 1 aromatic heterocycles. The van der Waals surface area contributed by atoms with Crippen LogP contribution in [0.5, 0.6) is 0 Å². The summed E-state index contributed by atoms with van der Waals surface area (Å²) in [4.78, 5) is 30.6. The first-order valence-electron chi connectivity index (χ1n) is 5.32. The number of hydrogen-bond acceptors (Lipinski definition) is 4. The molecular weight excluding hydrogens is 220 g/mol. The van der Waals surface area contributed by atoms with Gasteiger partial charge in [-0.2, -0.15) is 0 Å². The SMILES string of the molecule is CN1CCN(C(=O)c2cc(N)ccn2)CC1=O. The number of piperazine rings is 1. The second-order valence-corrected chi connectivity index (χ2v) is 4.02. The fourth-order valence-electron chi connectivity index (χ4n) is 1.66. The molecule has 90 valence electrons. The number of amides is 2. The molecule has 17 heavy (non-hydrogen) atoms. The van der Waals surface area contributed by atoms with Gasteiger partial charge in [-0.25, -0.2) is 0 Å². The van der Waals surface area contributed by atoms with Crippen LogP contribution in [0.4, 0.5) is 5.69 Å². The van der Waals surface area contributed by atoms with Crippen molar-refractivity contribution in [2.24, 2.45) is 0 Å². The van der Waals surface area contributed by atoms with E-state index in [1.54, 1.807) is 18.0 Å². The molecule has 1 aromatic rings. The molecule has 2 rings (SSSR count). The van der Waals surface area contributed by atoms with E-state index in [4.69, 9.17) is 5.73 Å². The highest BCUT2D eigenvalue weighted by molar-refractivity contribution is 5.96. The van der Waals surface area contributed by atoms with Gasteiger partial charge in [-0.05, 0) is 12.1 Å². The standard InChI is InChI=1S/C11H14N4O2/c1-14-4-5-15(7-10(14)16)11(17)9-6-8(12)2-3-13-9/h2-3,6H,4-5,7H2,1H3,(H2,12,13). The van der Waals surface area contributed by atoms with Gasteiger partial charge in [-0.3, -0.25) is 14.6 Å². The van der Waals surface area contributed by atoms with Gasteiger partial charge in [0.15, 0.2) is 0 Å². The molecule has 0 bridgehead atoms. The molecule has 1 aliphatic heterocycles. The highest BCUT2D eigenvalue weighted by Crippen LogP contribution is 2.09. The Morgan fingerprint density at radius 3 is 2.88 bits per heavy atom. The molecule has 0 saturated carbocycles. The van der Waals surface area contributed by atoms with Gasteiger partial charge in [0.1, 0.15) is 12.2 Å². The Kier molecular flexibility index (Phi) is 2.95. The van der Waals surface area contributed by atoms with Crippen LogP contribution in [0.3, 0.4) is 0 Å². The minimum atomic E-state index is -0.251. The van der Waals surface area contributed by atoms with Gasteiger partial charge >= 0.3 is 0 Å². The van der Waals surface area contributed by atoms with Gasteiger partial charge in [0.2, 0.25) is 5.91 Å². The van der Waals surface area contributed by atoms with Crippen molar-refractivity contribution in [2.75, 3.05) is 32.4 Å². The second kappa shape index (κ2) is 4.40. The van der Waals surface area contributed by atoms with Crippen LogP contribution in [0.1, 0.15) is 10.5 Å². The van der Waals surface area contributed by atoms with Crippen LogP contribution in [0, 0.1) is 0 Å². The molecule has 0 aromatic carbocycles. The molecule has 0 spiro atoms. The largest absolute Gasteiger partial charge is 0.399 e. The highest BCUT2D eigenvalue weighted by atomic mass is 16.2. The second-order valence-electron chi connectivity index (χ2n) is 4.02. The molecule has 0 radical (unpaired) electrons. The van der Waals surface area contributed by atoms with Crippen LogP contribution in [0.2, 0.25) is 0 Å². The number of rotatable bonds is 1. The van der Waals surface area contributed by atoms with E-state index in [9.17, 15) is 9.59 Å². The van der Waals surface area contributed by atoms with E-state index in [0.717, 1.165) is 0 Å². The van der Waals surface area contributed by atoms with Crippen molar-refractivity contribution >= 4 is 17.5 Å². The summed E-state index contributed by atoms with van der Waals surface area (Å²) in [5, 5.41) is 0. The Labute approximate surface area is 99.0 Å². The number of aromatic nitrogens is 1. The number of nitrogens with zero attached hydrogens (tertiary/aromatic N) is 3. The summed E-state index contributed by atoms with van der Waals surface area (Å²) < 4.78 is 0. The van der Waals surface area contributed by atoms with E-state index in [0.29, 0.717) is 18.8 Å². The van der Waals surface area contributed by atoms with Gasteiger partial charge in [-0.1, -0.05) is 0 Å². The Hall–Kier alpha value is -2.11. The maximum atomic E-state index is 12.0. The zero-order valence-electron chi connectivity index (χ0n) is 9.59. The lowest BCUT2D eigenvalue weighted by atomic mass is 10.2. The van der Waals surface area contributed by atoms with Crippen molar-refractivity contribution in [1.82, 2.24) is 14.8 Å². The molecule has 1 saturated heterocycles. The normalized spacial score (nSPS) is 16.2. The number of nitrogen functional groups attached to an aromatic ring is 1. The summed E-state index contributed by atoms with van der Waals surface area (Å²) in [7, 11) is 1.73.